The first-order valence-electron chi connectivity index (χ1n) is 9.38. The van der Waals surface area contributed by atoms with Crippen molar-refractivity contribution in [3.05, 3.63) is 54.1 Å². The summed E-state index contributed by atoms with van der Waals surface area (Å²) >= 11 is 0. The minimum absolute atomic E-state index is 0.0646. The Kier molecular flexibility index (Phi) is 5.48. The first-order valence-corrected chi connectivity index (χ1v) is 9.38. The van der Waals surface area contributed by atoms with Crippen LogP contribution in [0.5, 0.6) is 5.75 Å². The van der Waals surface area contributed by atoms with E-state index in [-0.39, 0.29) is 18.3 Å². The predicted molar refractivity (Wildman–Crippen MR) is 103 cm³/mol. The van der Waals surface area contributed by atoms with Crippen LogP contribution in [0, 0.1) is 5.82 Å². The Morgan fingerprint density at radius 3 is 3.04 bits per heavy atom. The Balaban J connectivity index is 1.35. The smallest absolute Gasteiger partial charge is 0.258 e. The van der Waals surface area contributed by atoms with Crippen LogP contribution in [0.1, 0.15) is 18.0 Å². The van der Waals surface area contributed by atoms with E-state index in [0.29, 0.717) is 19.0 Å². The number of rotatable bonds is 7. The van der Waals surface area contributed by atoms with Gasteiger partial charge in [0.2, 0.25) is 0 Å². The average Bonchev–Trinajstić information content (AvgIpc) is 3.36. The van der Waals surface area contributed by atoms with Crippen LogP contribution in [0.15, 0.2) is 42.6 Å². The molecule has 0 unspecified atom stereocenters. The molecule has 8 heteroatoms. The van der Waals surface area contributed by atoms with Gasteiger partial charge in [0, 0.05) is 30.6 Å². The highest BCUT2D eigenvalue weighted by Crippen LogP contribution is 2.27. The third-order valence-corrected chi connectivity index (χ3v) is 4.82. The zero-order valence-corrected chi connectivity index (χ0v) is 15.4. The molecular weight excluding hydrogens is 361 g/mol. The highest BCUT2D eigenvalue weighted by molar-refractivity contribution is 5.79. The van der Waals surface area contributed by atoms with Gasteiger partial charge in [-0.15, -0.1) is 0 Å². The Morgan fingerprint density at radius 1 is 1.32 bits per heavy atom. The number of halogens is 1. The Labute approximate surface area is 161 Å². The quantitative estimate of drug-likeness (QED) is 0.651. The minimum Gasteiger partial charge on any atom is -0.481 e. The summed E-state index contributed by atoms with van der Waals surface area (Å²) in [7, 11) is 0. The van der Waals surface area contributed by atoms with Gasteiger partial charge in [-0.3, -0.25) is 4.79 Å². The van der Waals surface area contributed by atoms with E-state index in [1.807, 2.05) is 16.8 Å². The maximum Gasteiger partial charge on any atom is 0.258 e. The molecule has 0 radical (unpaired) electrons. The van der Waals surface area contributed by atoms with Gasteiger partial charge in [0.25, 0.3) is 5.91 Å². The fraction of sp³-hybridized carbons (Fsp3) is 0.350. The molecule has 3 heterocycles. The lowest BCUT2D eigenvalue weighted by Crippen LogP contribution is -2.32. The van der Waals surface area contributed by atoms with Gasteiger partial charge in [0.05, 0.1) is 12.2 Å². The van der Waals surface area contributed by atoms with Gasteiger partial charge < -0.3 is 15.4 Å². The summed E-state index contributed by atoms with van der Waals surface area (Å²) in [6.45, 7) is 2.56. The van der Waals surface area contributed by atoms with Gasteiger partial charge in [0.15, 0.2) is 23.8 Å². The molecule has 0 spiro atoms. The summed E-state index contributed by atoms with van der Waals surface area (Å²) in [6, 6.07) is 9.97. The summed E-state index contributed by atoms with van der Waals surface area (Å²) in [5.41, 5.74) is 1.88. The molecule has 28 heavy (non-hydrogen) atoms. The molecule has 1 aliphatic rings. The van der Waals surface area contributed by atoms with Crippen molar-refractivity contribution in [2.45, 2.75) is 18.9 Å². The van der Waals surface area contributed by atoms with E-state index >= 15 is 0 Å². The Bertz CT molecular complexity index is 968. The van der Waals surface area contributed by atoms with Crippen LogP contribution in [-0.4, -0.2) is 46.9 Å². The van der Waals surface area contributed by atoms with E-state index in [9.17, 15) is 9.18 Å². The van der Waals surface area contributed by atoms with Crippen LogP contribution in [0.4, 0.5) is 4.39 Å². The zero-order valence-electron chi connectivity index (χ0n) is 15.4. The van der Waals surface area contributed by atoms with E-state index in [1.54, 1.807) is 18.3 Å². The van der Waals surface area contributed by atoms with Crippen molar-refractivity contribution in [2.24, 2.45) is 0 Å². The number of hydrogen-bond donors (Lipinski definition) is 2. The third kappa shape index (κ3) is 3.96. The highest BCUT2D eigenvalue weighted by Gasteiger charge is 2.23. The fourth-order valence-corrected chi connectivity index (χ4v) is 3.44. The number of nitrogens with one attached hydrogen (secondary N) is 2. The second-order valence-electron chi connectivity index (χ2n) is 6.74. The van der Waals surface area contributed by atoms with Gasteiger partial charge >= 0.3 is 0 Å². The molecule has 3 aromatic rings. The lowest BCUT2D eigenvalue weighted by molar-refractivity contribution is -0.123. The lowest BCUT2D eigenvalue weighted by Gasteiger charge is -2.08. The molecular formula is C20H22FN5O2. The number of pyridine rings is 1. The minimum atomic E-state index is -0.488. The fourth-order valence-electron chi connectivity index (χ4n) is 3.44. The largest absolute Gasteiger partial charge is 0.481 e. The summed E-state index contributed by atoms with van der Waals surface area (Å²) in [4.78, 5) is 16.4. The number of para-hydroxylation sites is 1. The molecule has 2 N–H and O–H groups in total. The molecule has 1 aliphatic heterocycles. The summed E-state index contributed by atoms with van der Waals surface area (Å²) in [6.07, 6.45) is 2.81. The SMILES string of the molecule is O=C(COc1ccccc1F)NCCn1nc([C@H]2CCNC2)c2cccnc21. The second-order valence-corrected chi connectivity index (χ2v) is 6.74. The van der Waals surface area contributed by atoms with Crippen molar-refractivity contribution >= 4 is 16.9 Å². The average molecular weight is 383 g/mol. The van der Waals surface area contributed by atoms with E-state index < -0.39 is 5.82 Å². The molecule has 146 valence electrons. The molecule has 1 atom stereocenters. The number of carbonyl (C=O) groups excluding carboxylic acids is 1. The molecule has 1 aromatic carbocycles. The number of hydrogen-bond acceptors (Lipinski definition) is 5. The maximum absolute atomic E-state index is 13.5. The highest BCUT2D eigenvalue weighted by atomic mass is 19.1. The number of carbonyl (C=O) groups is 1. The van der Waals surface area contributed by atoms with Gasteiger partial charge in [-0.1, -0.05) is 12.1 Å². The topological polar surface area (TPSA) is 81.1 Å². The van der Waals surface area contributed by atoms with E-state index in [4.69, 9.17) is 9.84 Å². The predicted octanol–water partition coefficient (Wildman–Crippen LogP) is 1.84. The molecule has 2 aromatic heterocycles. The van der Waals surface area contributed by atoms with Crippen molar-refractivity contribution in [2.75, 3.05) is 26.2 Å². The molecule has 0 saturated carbocycles. The van der Waals surface area contributed by atoms with Crippen molar-refractivity contribution in [3.63, 3.8) is 0 Å². The van der Waals surface area contributed by atoms with Crippen molar-refractivity contribution < 1.29 is 13.9 Å². The molecule has 4 rings (SSSR count). The first-order chi connectivity index (χ1) is 13.7. The van der Waals surface area contributed by atoms with Gasteiger partial charge in [-0.05, 0) is 37.2 Å². The Morgan fingerprint density at radius 2 is 2.21 bits per heavy atom. The van der Waals surface area contributed by atoms with Gasteiger partial charge in [-0.25, -0.2) is 14.1 Å². The maximum atomic E-state index is 13.5. The molecule has 0 bridgehead atoms. The number of aromatic nitrogens is 3. The molecule has 1 saturated heterocycles. The zero-order chi connectivity index (χ0) is 19.3. The summed E-state index contributed by atoms with van der Waals surface area (Å²) in [5, 5.41) is 12.0. The van der Waals surface area contributed by atoms with E-state index in [2.05, 4.69) is 15.6 Å². The number of nitrogens with zero attached hydrogens (tertiary/aromatic N) is 3. The van der Waals surface area contributed by atoms with Crippen molar-refractivity contribution in [1.82, 2.24) is 25.4 Å². The number of fused-ring (bicyclic) bond motifs is 1. The monoisotopic (exact) mass is 383 g/mol. The first kappa shape index (κ1) is 18.4. The van der Waals surface area contributed by atoms with Gasteiger partial charge in [0.1, 0.15) is 0 Å². The summed E-state index contributed by atoms with van der Waals surface area (Å²) < 4.78 is 20.6. The third-order valence-electron chi connectivity index (χ3n) is 4.82. The van der Waals surface area contributed by atoms with Crippen molar-refractivity contribution in [1.29, 1.82) is 0 Å². The van der Waals surface area contributed by atoms with Crippen LogP contribution >= 0.6 is 0 Å². The standard InChI is InChI=1S/C20H22FN5O2/c21-16-5-1-2-6-17(16)28-13-18(27)23-10-11-26-20-15(4-3-8-24-20)19(25-26)14-7-9-22-12-14/h1-6,8,14,22H,7,9-13H2,(H,23,27)/t14-/m0/s1. The lowest BCUT2D eigenvalue weighted by atomic mass is 10.0. The van der Waals surface area contributed by atoms with Crippen LogP contribution in [0.3, 0.4) is 0 Å². The Hall–Kier alpha value is -3.00. The number of amides is 1. The van der Waals surface area contributed by atoms with Crippen LogP contribution in [0.2, 0.25) is 0 Å². The summed E-state index contributed by atoms with van der Waals surface area (Å²) in [5.74, 6) is -0.349. The normalized spacial score (nSPS) is 16.4. The second kappa shape index (κ2) is 8.35. The van der Waals surface area contributed by atoms with Gasteiger partial charge in [-0.2, -0.15) is 5.10 Å². The molecule has 0 aliphatic carbocycles. The molecule has 1 amide bonds. The van der Waals surface area contributed by atoms with Crippen LogP contribution in [-0.2, 0) is 11.3 Å². The van der Waals surface area contributed by atoms with Crippen LogP contribution < -0.4 is 15.4 Å². The number of benzene rings is 1. The molecule has 1 fully saturated rings. The van der Waals surface area contributed by atoms with Crippen molar-refractivity contribution in [3.8, 4) is 5.75 Å². The van der Waals surface area contributed by atoms with E-state index in [0.717, 1.165) is 36.2 Å². The molecule has 7 nitrogen and oxygen atoms in total. The van der Waals surface area contributed by atoms with Crippen LogP contribution in [0.25, 0.3) is 11.0 Å². The van der Waals surface area contributed by atoms with E-state index in [1.165, 1.54) is 12.1 Å². The number of ether oxygens (including phenoxy) is 1.